The number of carbonyl (C=O) groups excluding carboxylic acids is 1. The van der Waals surface area contributed by atoms with Crippen molar-refractivity contribution in [2.45, 2.75) is 39.1 Å². The number of benzene rings is 1. The van der Waals surface area contributed by atoms with Gasteiger partial charge in [0.25, 0.3) is 5.91 Å². The van der Waals surface area contributed by atoms with Gasteiger partial charge in [0, 0.05) is 24.7 Å². The molecular weight excluding hydrogens is 340 g/mol. The van der Waals surface area contributed by atoms with Crippen molar-refractivity contribution in [2.24, 2.45) is 5.92 Å². The lowest BCUT2D eigenvalue weighted by atomic mass is 10.1. The zero-order valence-electron chi connectivity index (χ0n) is 14.9. The number of anilines is 1. The van der Waals surface area contributed by atoms with Crippen LogP contribution in [-0.2, 0) is 16.6 Å². The Labute approximate surface area is 148 Å². The molecule has 1 amide bonds. The largest absolute Gasteiger partial charge is 0.307 e. The van der Waals surface area contributed by atoms with Gasteiger partial charge in [-0.25, -0.2) is 17.8 Å². The van der Waals surface area contributed by atoms with Crippen molar-refractivity contribution in [3.05, 3.63) is 41.6 Å². The molecule has 8 heteroatoms. The minimum Gasteiger partial charge on any atom is -0.307 e. The van der Waals surface area contributed by atoms with Gasteiger partial charge >= 0.3 is 0 Å². The zero-order valence-corrected chi connectivity index (χ0v) is 15.7. The highest BCUT2D eigenvalue weighted by Gasteiger charge is 2.18. The summed E-state index contributed by atoms with van der Waals surface area (Å²) in [5.74, 6) is 0.598. The molecule has 2 rings (SSSR count). The van der Waals surface area contributed by atoms with Crippen molar-refractivity contribution in [3.63, 3.8) is 0 Å². The number of amides is 1. The van der Waals surface area contributed by atoms with Gasteiger partial charge in [-0.15, -0.1) is 0 Å². The zero-order chi connectivity index (χ0) is 18.6. The highest BCUT2D eigenvalue weighted by atomic mass is 32.2. The van der Waals surface area contributed by atoms with Crippen molar-refractivity contribution < 1.29 is 13.2 Å². The van der Waals surface area contributed by atoms with E-state index in [0.717, 1.165) is 0 Å². The lowest BCUT2D eigenvalue weighted by Crippen LogP contribution is -2.24. The molecule has 0 radical (unpaired) electrons. The van der Waals surface area contributed by atoms with Gasteiger partial charge in [0.15, 0.2) is 0 Å². The monoisotopic (exact) mass is 364 g/mol. The minimum atomic E-state index is -3.62. The van der Waals surface area contributed by atoms with Crippen LogP contribution in [0.4, 0.5) is 5.82 Å². The van der Waals surface area contributed by atoms with E-state index in [1.165, 1.54) is 12.1 Å². The van der Waals surface area contributed by atoms with Crippen molar-refractivity contribution in [3.8, 4) is 0 Å². The molecule has 0 spiro atoms. The Hall–Kier alpha value is -2.19. The fourth-order valence-corrected chi connectivity index (χ4v) is 3.47. The van der Waals surface area contributed by atoms with E-state index in [2.05, 4.69) is 29.0 Å². The summed E-state index contributed by atoms with van der Waals surface area (Å²) in [7, 11) is -3.62. The molecular formula is C17H24N4O3S. The van der Waals surface area contributed by atoms with E-state index in [4.69, 9.17) is 0 Å². The average Bonchev–Trinajstić information content (AvgIpc) is 2.93. The molecule has 0 atom stereocenters. The van der Waals surface area contributed by atoms with E-state index in [9.17, 15) is 13.2 Å². The first-order chi connectivity index (χ1) is 11.7. The van der Waals surface area contributed by atoms with Crippen molar-refractivity contribution in [1.82, 2.24) is 14.5 Å². The topological polar surface area (TPSA) is 93.1 Å². The molecule has 2 N–H and O–H groups in total. The first kappa shape index (κ1) is 19.1. The Morgan fingerprint density at radius 3 is 2.64 bits per heavy atom. The molecule has 136 valence electrons. The molecule has 2 aromatic rings. The predicted molar refractivity (Wildman–Crippen MR) is 97.1 cm³/mol. The number of hydrogen-bond acceptors (Lipinski definition) is 4. The van der Waals surface area contributed by atoms with E-state index in [1.807, 2.05) is 0 Å². The molecule has 0 aliphatic rings. The van der Waals surface area contributed by atoms with Gasteiger partial charge in [0.05, 0.1) is 11.1 Å². The van der Waals surface area contributed by atoms with Crippen molar-refractivity contribution >= 4 is 21.7 Å². The van der Waals surface area contributed by atoms with Gasteiger partial charge in [0.2, 0.25) is 10.0 Å². The molecule has 0 saturated heterocycles. The summed E-state index contributed by atoms with van der Waals surface area (Å²) in [4.78, 5) is 12.7. The smallest absolute Gasteiger partial charge is 0.257 e. The van der Waals surface area contributed by atoms with Crippen LogP contribution in [-0.4, -0.2) is 30.7 Å². The number of aryl methyl sites for hydroxylation is 1. The third kappa shape index (κ3) is 4.67. The number of sulfonamides is 1. The average molecular weight is 364 g/mol. The molecule has 0 bridgehead atoms. The summed E-state index contributed by atoms with van der Waals surface area (Å²) in [6.07, 6.45) is 1.62. The maximum absolute atomic E-state index is 12.6. The van der Waals surface area contributed by atoms with Crippen LogP contribution in [0.1, 0.15) is 36.7 Å². The van der Waals surface area contributed by atoms with E-state index in [1.54, 1.807) is 36.9 Å². The highest BCUT2D eigenvalue weighted by Crippen LogP contribution is 2.18. The molecule has 0 fully saturated rings. The number of nitrogens with zero attached hydrogens (tertiary/aromatic N) is 2. The van der Waals surface area contributed by atoms with Crippen molar-refractivity contribution in [2.75, 3.05) is 11.9 Å². The second-order valence-corrected chi connectivity index (χ2v) is 7.99. The van der Waals surface area contributed by atoms with Crippen LogP contribution in [0.15, 0.2) is 35.4 Å². The van der Waals surface area contributed by atoms with Crippen LogP contribution < -0.4 is 10.0 Å². The molecule has 1 aromatic heterocycles. The van der Waals surface area contributed by atoms with E-state index >= 15 is 0 Å². The molecule has 0 aliphatic carbocycles. The Bertz CT molecular complexity index is 857. The lowest BCUT2D eigenvalue weighted by molar-refractivity contribution is 0.102. The van der Waals surface area contributed by atoms with Crippen LogP contribution in [0.25, 0.3) is 0 Å². The second kappa shape index (κ2) is 7.79. The standard InChI is InChI=1S/C17H24N4O3S/c1-5-19-25(23,24)14-7-6-13(4)15(10-14)17(22)20-16-8-9-18-21(16)11-12(2)3/h6-10,12,19H,5,11H2,1-4H3,(H,20,22). The lowest BCUT2D eigenvalue weighted by Gasteiger charge is -2.13. The third-order valence-electron chi connectivity index (χ3n) is 3.59. The Balaban J connectivity index is 2.29. The Morgan fingerprint density at radius 2 is 2.00 bits per heavy atom. The number of aromatic nitrogens is 2. The minimum absolute atomic E-state index is 0.0702. The van der Waals surface area contributed by atoms with Crippen LogP contribution in [0.2, 0.25) is 0 Å². The Kier molecular flexibility index (Phi) is 5.97. The molecule has 0 aliphatic heterocycles. The number of nitrogens with one attached hydrogen (secondary N) is 2. The predicted octanol–water partition coefficient (Wildman–Crippen LogP) is 2.40. The number of hydrogen-bond donors (Lipinski definition) is 2. The molecule has 0 unspecified atom stereocenters. The quantitative estimate of drug-likeness (QED) is 0.789. The summed E-state index contributed by atoms with van der Waals surface area (Å²) in [5, 5.41) is 7.01. The first-order valence-electron chi connectivity index (χ1n) is 8.18. The van der Waals surface area contributed by atoms with E-state index in [-0.39, 0.29) is 17.3 Å². The van der Waals surface area contributed by atoms with Crippen LogP contribution in [0.3, 0.4) is 0 Å². The first-order valence-corrected chi connectivity index (χ1v) is 9.66. The maximum atomic E-state index is 12.6. The summed E-state index contributed by atoms with van der Waals surface area (Å²) in [5.41, 5.74) is 1.01. The highest BCUT2D eigenvalue weighted by molar-refractivity contribution is 7.89. The Morgan fingerprint density at radius 1 is 1.28 bits per heavy atom. The van der Waals surface area contributed by atoms with Gasteiger partial charge in [-0.05, 0) is 30.5 Å². The number of carbonyl (C=O) groups is 1. The molecule has 7 nitrogen and oxygen atoms in total. The second-order valence-electron chi connectivity index (χ2n) is 6.22. The summed E-state index contributed by atoms with van der Waals surface area (Å²) in [6.45, 7) is 8.56. The van der Waals surface area contributed by atoms with Crippen LogP contribution in [0.5, 0.6) is 0 Å². The van der Waals surface area contributed by atoms with Crippen molar-refractivity contribution in [1.29, 1.82) is 0 Å². The number of rotatable bonds is 7. The third-order valence-corrected chi connectivity index (χ3v) is 5.14. The van der Waals surface area contributed by atoms with Crippen LogP contribution in [0, 0.1) is 12.8 Å². The van der Waals surface area contributed by atoms with E-state index < -0.39 is 10.0 Å². The van der Waals surface area contributed by atoms with Gasteiger partial charge in [-0.2, -0.15) is 5.10 Å². The summed E-state index contributed by atoms with van der Waals surface area (Å²) >= 11 is 0. The van der Waals surface area contributed by atoms with Gasteiger partial charge in [0.1, 0.15) is 5.82 Å². The van der Waals surface area contributed by atoms with Gasteiger partial charge < -0.3 is 5.32 Å². The maximum Gasteiger partial charge on any atom is 0.257 e. The molecule has 1 aromatic carbocycles. The van der Waals surface area contributed by atoms with Gasteiger partial charge in [-0.1, -0.05) is 26.8 Å². The normalized spacial score (nSPS) is 11.7. The van der Waals surface area contributed by atoms with Gasteiger partial charge in [-0.3, -0.25) is 4.79 Å². The SMILES string of the molecule is CCNS(=O)(=O)c1ccc(C)c(C(=O)Nc2ccnn2CC(C)C)c1. The van der Waals surface area contributed by atoms with E-state index in [0.29, 0.717) is 29.4 Å². The summed E-state index contributed by atoms with van der Waals surface area (Å²) < 4.78 is 28.5. The fraction of sp³-hybridized carbons (Fsp3) is 0.412. The fourth-order valence-electron chi connectivity index (χ4n) is 2.40. The summed E-state index contributed by atoms with van der Waals surface area (Å²) in [6, 6.07) is 6.23. The molecule has 1 heterocycles. The van der Waals surface area contributed by atoms with Crippen LogP contribution >= 0.6 is 0 Å². The molecule has 25 heavy (non-hydrogen) atoms. The molecule has 0 saturated carbocycles.